The molecule has 1 aliphatic carbocycles. The molecule has 0 saturated heterocycles. The maximum Gasteiger partial charge on any atom is 0.165 e. The Hall–Kier alpha value is -3.23. The molecule has 8 heteroatoms. The number of nitrogens with one attached hydrogen (secondary N) is 2. The van der Waals surface area contributed by atoms with Crippen LogP contribution in [0.25, 0.3) is 33.5 Å². The third-order valence-corrected chi connectivity index (χ3v) is 7.18. The number of benzene rings is 2. The van der Waals surface area contributed by atoms with Crippen LogP contribution in [0.4, 0.5) is 4.39 Å². The molecular formula is C25H27FN6O. The van der Waals surface area contributed by atoms with Crippen molar-refractivity contribution in [2.24, 2.45) is 5.73 Å². The second kappa shape index (κ2) is 7.67. The number of nitrogens with two attached hydrogens (primary N) is 1. The van der Waals surface area contributed by atoms with Gasteiger partial charge in [-0.05, 0) is 60.2 Å². The highest BCUT2D eigenvalue weighted by Gasteiger charge is 2.34. The van der Waals surface area contributed by atoms with E-state index < -0.39 is 5.82 Å². The number of aromatic hydroxyl groups is 1. The zero-order valence-electron chi connectivity index (χ0n) is 18.5. The number of aromatic nitrogens is 4. The van der Waals surface area contributed by atoms with E-state index in [1.54, 1.807) is 0 Å². The number of fused-ring (bicyclic) bond motifs is 2. The van der Waals surface area contributed by atoms with Gasteiger partial charge in [0.25, 0.3) is 0 Å². The van der Waals surface area contributed by atoms with Gasteiger partial charge in [-0.25, -0.2) is 9.37 Å². The molecule has 3 heterocycles. The molecule has 170 valence electrons. The summed E-state index contributed by atoms with van der Waals surface area (Å²) >= 11 is 0. The standard InChI is InChI=1S/C25H27FN6O/c1-2-13-8-23(33)19(26)11-18(13)14-3-4-17-21(7-14)30-31-24(17)25-28-20-5-6-32(12-22(20)29-25)16-9-15(27)10-16/h3-4,7-8,11,15-16,33H,2,5-6,9-10,12,27H2,1H3,(H,28,29)(H,30,31). The van der Waals surface area contributed by atoms with E-state index in [1.807, 2.05) is 25.1 Å². The van der Waals surface area contributed by atoms with E-state index in [4.69, 9.17) is 10.7 Å². The Balaban J connectivity index is 1.32. The van der Waals surface area contributed by atoms with Gasteiger partial charge in [0.2, 0.25) is 0 Å². The van der Waals surface area contributed by atoms with Crippen LogP contribution >= 0.6 is 0 Å². The first-order valence-corrected chi connectivity index (χ1v) is 11.6. The molecule has 6 rings (SSSR count). The van der Waals surface area contributed by atoms with Crippen molar-refractivity contribution in [2.75, 3.05) is 6.54 Å². The fraction of sp³-hybridized carbons (Fsp3) is 0.360. The van der Waals surface area contributed by atoms with Gasteiger partial charge in [0.15, 0.2) is 17.4 Å². The Labute approximate surface area is 190 Å². The van der Waals surface area contributed by atoms with Crippen molar-refractivity contribution in [3.63, 3.8) is 0 Å². The number of halogens is 1. The topological polar surface area (TPSA) is 107 Å². The summed E-state index contributed by atoms with van der Waals surface area (Å²) in [5, 5.41) is 18.4. The van der Waals surface area contributed by atoms with Gasteiger partial charge >= 0.3 is 0 Å². The third kappa shape index (κ3) is 3.41. The highest BCUT2D eigenvalue weighted by atomic mass is 19.1. The Morgan fingerprint density at radius 3 is 2.88 bits per heavy atom. The van der Waals surface area contributed by atoms with Gasteiger partial charge in [-0.3, -0.25) is 10.00 Å². The summed E-state index contributed by atoms with van der Waals surface area (Å²) < 4.78 is 14.1. The van der Waals surface area contributed by atoms with E-state index in [0.29, 0.717) is 18.5 Å². The Morgan fingerprint density at radius 2 is 2.09 bits per heavy atom. The van der Waals surface area contributed by atoms with Gasteiger partial charge < -0.3 is 15.8 Å². The lowest BCUT2D eigenvalue weighted by molar-refractivity contribution is 0.0959. The Bertz CT molecular complexity index is 1350. The Morgan fingerprint density at radius 1 is 1.24 bits per heavy atom. The number of nitrogens with zero attached hydrogens (tertiary/aromatic N) is 3. The second-order valence-corrected chi connectivity index (χ2v) is 9.26. The Kier molecular flexibility index (Phi) is 4.74. The predicted molar refractivity (Wildman–Crippen MR) is 125 cm³/mol. The number of hydrogen-bond donors (Lipinski definition) is 4. The summed E-state index contributed by atoms with van der Waals surface area (Å²) in [6, 6.07) is 9.77. The number of aryl methyl sites for hydroxylation is 1. The van der Waals surface area contributed by atoms with Crippen LogP contribution in [0.5, 0.6) is 5.75 Å². The van der Waals surface area contributed by atoms with Crippen molar-refractivity contribution in [1.29, 1.82) is 0 Å². The molecule has 2 aromatic heterocycles. The summed E-state index contributed by atoms with van der Waals surface area (Å²) in [5.74, 6) is -0.163. The van der Waals surface area contributed by atoms with E-state index in [9.17, 15) is 9.50 Å². The average molecular weight is 447 g/mol. The summed E-state index contributed by atoms with van der Waals surface area (Å²) in [6.07, 6.45) is 3.77. The molecule has 0 unspecified atom stereocenters. The number of imidazole rings is 1. The lowest BCUT2D eigenvalue weighted by Gasteiger charge is -2.42. The first-order chi connectivity index (χ1) is 16.0. The number of H-pyrrole nitrogens is 2. The number of phenolic OH excluding ortho intramolecular Hbond substituents is 1. The van der Waals surface area contributed by atoms with Crippen molar-refractivity contribution >= 4 is 10.9 Å². The van der Waals surface area contributed by atoms with Crippen molar-refractivity contribution in [2.45, 2.75) is 51.2 Å². The summed E-state index contributed by atoms with van der Waals surface area (Å²) in [7, 11) is 0. The minimum absolute atomic E-state index is 0.319. The molecule has 33 heavy (non-hydrogen) atoms. The summed E-state index contributed by atoms with van der Waals surface area (Å²) in [6.45, 7) is 3.88. The SMILES string of the molecule is CCc1cc(O)c(F)cc1-c1ccc2c(-c3nc4c([nH]3)CN(C3CC(N)C3)CC4)n[nH]c2c1. The van der Waals surface area contributed by atoms with Crippen molar-refractivity contribution in [1.82, 2.24) is 25.1 Å². The summed E-state index contributed by atoms with van der Waals surface area (Å²) in [4.78, 5) is 10.9. The van der Waals surface area contributed by atoms with E-state index in [-0.39, 0.29) is 5.75 Å². The normalized spacial score (nSPS) is 20.7. The minimum atomic E-state index is -0.619. The monoisotopic (exact) mass is 446 g/mol. The summed E-state index contributed by atoms with van der Waals surface area (Å²) in [5.41, 5.74) is 12.4. The number of phenols is 1. The molecule has 0 bridgehead atoms. The smallest absolute Gasteiger partial charge is 0.165 e. The fourth-order valence-electron chi connectivity index (χ4n) is 5.20. The van der Waals surface area contributed by atoms with Gasteiger partial charge in [-0.2, -0.15) is 5.10 Å². The first kappa shape index (κ1) is 20.4. The molecule has 1 aliphatic heterocycles. The number of rotatable bonds is 4. The van der Waals surface area contributed by atoms with Crippen LogP contribution in [0.15, 0.2) is 30.3 Å². The van der Waals surface area contributed by atoms with Crippen LogP contribution < -0.4 is 5.73 Å². The van der Waals surface area contributed by atoms with Crippen molar-refractivity contribution in [3.8, 4) is 28.4 Å². The van der Waals surface area contributed by atoms with Gasteiger partial charge in [0.05, 0.1) is 16.9 Å². The number of aromatic amines is 2. The number of hydrogen-bond acceptors (Lipinski definition) is 5. The van der Waals surface area contributed by atoms with E-state index in [1.165, 1.54) is 12.1 Å². The van der Waals surface area contributed by atoms with Gasteiger partial charge in [-0.15, -0.1) is 0 Å². The van der Waals surface area contributed by atoms with E-state index >= 15 is 0 Å². The third-order valence-electron chi connectivity index (χ3n) is 7.18. The molecule has 1 saturated carbocycles. The molecule has 0 spiro atoms. The molecule has 0 amide bonds. The molecule has 0 radical (unpaired) electrons. The van der Waals surface area contributed by atoms with Gasteiger partial charge in [-0.1, -0.05) is 13.0 Å². The molecule has 1 fully saturated rings. The van der Waals surface area contributed by atoms with E-state index in [2.05, 4.69) is 20.1 Å². The zero-order valence-corrected chi connectivity index (χ0v) is 18.5. The highest BCUT2D eigenvalue weighted by Crippen LogP contribution is 2.34. The lowest BCUT2D eigenvalue weighted by atomic mass is 9.85. The molecule has 2 aliphatic rings. The maximum absolute atomic E-state index is 14.1. The van der Waals surface area contributed by atoms with Gasteiger partial charge in [0.1, 0.15) is 5.69 Å². The van der Waals surface area contributed by atoms with E-state index in [0.717, 1.165) is 82.9 Å². The average Bonchev–Trinajstić information content (AvgIpc) is 3.41. The van der Waals surface area contributed by atoms with Crippen LogP contribution in [0.1, 0.15) is 36.7 Å². The minimum Gasteiger partial charge on any atom is -0.505 e. The van der Waals surface area contributed by atoms with Crippen LogP contribution in [-0.2, 0) is 19.4 Å². The predicted octanol–water partition coefficient (Wildman–Crippen LogP) is 3.87. The molecule has 4 aromatic rings. The molecule has 7 nitrogen and oxygen atoms in total. The molecular weight excluding hydrogens is 419 g/mol. The van der Waals surface area contributed by atoms with Crippen LogP contribution in [-0.4, -0.2) is 48.8 Å². The quantitative estimate of drug-likeness (QED) is 0.381. The van der Waals surface area contributed by atoms with Gasteiger partial charge in [0, 0.05) is 37.0 Å². The lowest BCUT2D eigenvalue weighted by Crippen LogP contribution is -2.51. The van der Waals surface area contributed by atoms with Crippen LogP contribution in [0, 0.1) is 5.82 Å². The van der Waals surface area contributed by atoms with Crippen LogP contribution in [0.2, 0.25) is 0 Å². The molecule has 0 atom stereocenters. The second-order valence-electron chi connectivity index (χ2n) is 9.26. The zero-order chi connectivity index (χ0) is 22.7. The van der Waals surface area contributed by atoms with Crippen molar-refractivity contribution < 1.29 is 9.50 Å². The molecule has 5 N–H and O–H groups in total. The molecule has 2 aromatic carbocycles. The van der Waals surface area contributed by atoms with Crippen LogP contribution in [0.3, 0.4) is 0 Å². The maximum atomic E-state index is 14.1. The van der Waals surface area contributed by atoms with Crippen molar-refractivity contribution in [3.05, 3.63) is 53.1 Å². The largest absolute Gasteiger partial charge is 0.505 e. The highest BCUT2D eigenvalue weighted by molar-refractivity contribution is 5.94. The first-order valence-electron chi connectivity index (χ1n) is 11.6. The fourth-order valence-corrected chi connectivity index (χ4v) is 5.20.